The summed E-state index contributed by atoms with van der Waals surface area (Å²) in [4.78, 5) is 28.8. The van der Waals surface area contributed by atoms with Crippen LogP contribution < -0.4 is 11.0 Å². The summed E-state index contributed by atoms with van der Waals surface area (Å²) < 4.78 is 1.27. The fraction of sp³-hybridized carbons (Fsp3) is 0.167. The number of nitrogens with one attached hydrogen (secondary N) is 1. The lowest BCUT2D eigenvalue weighted by molar-refractivity contribution is 0.0949. The van der Waals surface area contributed by atoms with Gasteiger partial charge in [0.15, 0.2) is 5.69 Å². The van der Waals surface area contributed by atoms with Crippen molar-refractivity contribution in [2.75, 3.05) is 0 Å². The van der Waals surface area contributed by atoms with E-state index in [1.54, 1.807) is 62.6 Å². The minimum absolute atomic E-state index is 0.170. The van der Waals surface area contributed by atoms with Gasteiger partial charge in [-0.05, 0) is 32.0 Å². The number of benzene rings is 1. The fourth-order valence-electron chi connectivity index (χ4n) is 2.46. The number of hydrogen-bond donors (Lipinski definition) is 1. The minimum Gasteiger partial charge on any atom is -0.267 e. The zero-order valence-corrected chi connectivity index (χ0v) is 13.9. The average Bonchev–Trinajstić information content (AvgIpc) is 2.67. The molecule has 25 heavy (non-hydrogen) atoms. The maximum absolute atomic E-state index is 12.6. The predicted molar refractivity (Wildman–Crippen MR) is 95.6 cm³/mol. The van der Waals surface area contributed by atoms with Crippen LogP contribution in [-0.2, 0) is 6.54 Å². The SMILES string of the molecule is CCn1nc(C(=O)N/N=C(\C)c2ccncc2)c2ccccc2c1=O. The van der Waals surface area contributed by atoms with E-state index in [1.165, 1.54) is 4.68 Å². The molecule has 1 amide bonds. The molecule has 0 aliphatic carbocycles. The van der Waals surface area contributed by atoms with Gasteiger partial charge in [0, 0.05) is 29.9 Å². The Kier molecular flexibility index (Phi) is 4.65. The Balaban J connectivity index is 1.98. The second-order valence-corrected chi connectivity index (χ2v) is 5.39. The first-order valence-corrected chi connectivity index (χ1v) is 7.86. The van der Waals surface area contributed by atoms with E-state index in [0.29, 0.717) is 23.0 Å². The van der Waals surface area contributed by atoms with Crippen molar-refractivity contribution in [1.29, 1.82) is 0 Å². The maximum Gasteiger partial charge on any atom is 0.292 e. The van der Waals surface area contributed by atoms with E-state index in [4.69, 9.17) is 0 Å². The van der Waals surface area contributed by atoms with E-state index in [-0.39, 0.29) is 11.3 Å². The molecule has 0 aliphatic rings. The van der Waals surface area contributed by atoms with Crippen molar-refractivity contribution in [2.45, 2.75) is 20.4 Å². The van der Waals surface area contributed by atoms with Gasteiger partial charge in [0.1, 0.15) is 0 Å². The molecule has 7 heteroatoms. The molecule has 2 heterocycles. The lowest BCUT2D eigenvalue weighted by Gasteiger charge is -2.08. The first kappa shape index (κ1) is 16.5. The number of rotatable bonds is 4. The molecule has 0 saturated heterocycles. The molecule has 0 aliphatic heterocycles. The van der Waals surface area contributed by atoms with Gasteiger partial charge in [-0.3, -0.25) is 14.6 Å². The number of nitrogens with zero attached hydrogens (tertiary/aromatic N) is 4. The monoisotopic (exact) mass is 335 g/mol. The van der Waals surface area contributed by atoms with Crippen molar-refractivity contribution in [3.63, 3.8) is 0 Å². The van der Waals surface area contributed by atoms with Crippen LogP contribution in [0.3, 0.4) is 0 Å². The molecule has 0 radical (unpaired) electrons. The number of aryl methyl sites for hydroxylation is 1. The molecule has 7 nitrogen and oxygen atoms in total. The molecule has 0 unspecified atom stereocenters. The van der Waals surface area contributed by atoms with Crippen LogP contribution >= 0.6 is 0 Å². The van der Waals surface area contributed by atoms with Gasteiger partial charge in [-0.25, -0.2) is 10.1 Å². The highest BCUT2D eigenvalue weighted by molar-refractivity contribution is 6.06. The number of hydrazone groups is 1. The molecule has 0 atom stereocenters. The number of fused-ring (bicyclic) bond motifs is 1. The van der Waals surface area contributed by atoms with Crippen molar-refractivity contribution in [3.05, 3.63) is 70.4 Å². The van der Waals surface area contributed by atoms with E-state index < -0.39 is 5.91 Å². The number of hydrogen-bond acceptors (Lipinski definition) is 5. The Hall–Kier alpha value is -3.35. The molecule has 3 aromatic rings. The van der Waals surface area contributed by atoms with Crippen LogP contribution in [0.5, 0.6) is 0 Å². The number of carbonyl (C=O) groups excluding carboxylic acids is 1. The molecular formula is C18H17N5O2. The van der Waals surface area contributed by atoms with Gasteiger partial charge in [-0.1, -0.05) is 18.2 Å². The van der Waals surface area contributed by atoms with Crippen molar-refractivity contribution in [1.82, 2.24) is 20.2 Å². The normalized spacial score (nSPS) is 11.5. The highest BCUT2D eigenvalue weighted by atomic mass is 16.2. The first-order chi connectivity index (χ1) is 12.1. The first-order valence-electron chi connectivity index (χ1n) is 7.86. The lowest BCUT2D eigenvalue weighted by atomic mass is 10.1. The summed E-state index contributed by atoms with van der Waals surface area (Å²) in [6, 6.07) is 10.5. The Bertz CT molecular complexity index is 1010. The highest BCUT2D eigenvalue weighted by Crippen LogP contribution is 2.13. The molecule has 1 aromatic carbocycles. The second kappa shape index (κ2) is 7.04. The second-order valence-electron chi connectivity index (χ2n) is 5.39. The van der Waals surface area contributed by atoms with Crippen molar-refractivity contribution < 1.29 is 4.79 Å². The average molecular weight is 335 g/mol. The van der Waals surface area contributed by atoms with E-state index in [9.17, 15) is 9.59 Å². The summed E-state index contributed by atoms with van der Waals surface area (Å²) in [7, 11) is 0. The number of carbonyl (C=O) groups is 1. The molecule has 0 bridgehead atoms. The molecule has 3 rings (SSSR count). The molecule has 0 saturated carbocycles. The molecule has 0 spiro atoms. The molecule has 2 aromatic heterocycles. The van der Waals surface area contributed by atoms with Crippen molar-refractivity contribution in [3.8, 4) is 0 Å². The summed E-state index contributed by atoms with van der Waals surface area (Å²) >= 11 is 0. The molecule has 1 N–H and O–H groups in total. The highest BCUT2D eigenvalue weighted by Gasteiger charge is 2.15. The van der Waals surface area contributed by atoms with Crippen LogP contribution in [0.25, 0.3) is 10.8 Å². The third-order valence-electron chi connectivity index (χ3n) is 3.81. The van der Waals surface area contributed by atoms with E-state index in [1.807, 2.05) is 0 Å². The van der Waals surface area contributed by atoms with Crippen LogP contribution in [0.1, 0.15) is 29.9 Å². The summed E-state index contributed by atoms with van der Waals surface area (Å²) in [5, 5.41) is 9.26. The Morgan fingerprint density at radius 1 is 1.16 bits per heavy atom. The van der Waals surface area contributed by atoms with Gasteiger partial charge < -0.3 is 0 Å². The van der Waals surface area contributed by atoms with Crippen LogP contribution in [-0.4, -0.2) is 26.4 Å². The molecule has 126 valence electrons. The van der Waals surface area contributed by atoms with Gasteiger partial charge in [0.2, 0.25) is 0 Å². The topological polar surface area (TPSA) is 89.2 Å². The van der Waals surface area contributed by atoms with Crippen LogP contribution in [0.2, 0.25) is 0 Å². The maximum atomic E-state index is 12.6. The quantitative estimate of drug-likeness (QED) is 0.583. The number of aromatic nitrogens is 3. The standard InChI is InChI=1S/C18H17N5O2/c1-3-23-18(25)15-7-5-4-6-14(15)16(22-23)17(24)21-20-12(2)13-8-10-19-11-9-13/h4-11H,3H2,1-2H3,(H,21,24)/b20-12+. The summed E-state index contributed by atoms with van der Waals surface area (Å²) in [5.41, 5.74) is 3.96. The van der Waals surface area contributed by atoms with Gasteiger partial charge in [-0.2, -0.15) is 10.2 Å². The summed E-state index contributed by atoms with van der Waals surface area (Å²) in [5.74, 6) is -0.466. The zero-order valence-electron chi connectivity index (χ0n) is 13.9. The van der Waals surface area contributed by atoms with Gasteiger partial charge in [0.05, 0.1) is 11.1 Å². The molecular weight excluding hydrogens is 318 g/mol. The van der Waals surface area contributed by atoms with Crippen LogP contribution in [0.15, 0.2) is 58.7 Å². The van der Waals surface area contributed by atoms with Crippen molar-refractivity contribution >= 4 is 22.4 Å². The molecule has 0 fully saturated rings. The minimum atomic E-state index is -0.466. The Morgan fingerprint density at radius 2 is 1.84 bits per heavy atom. The van der Waals surface area contributed by atoms with Gasteiger partial charge in [-0.15, -0.1) is 0 Å². The van der Waals surface area contributed by atoms with E-state index >= 15 is 0 Å². The Labute approximate surface area is 144 Å². The summed E-state index contributed by atoms with van der Waals surface area (Å²) in [6.07, 6.45) is 3.31. The van der Waals surface area contributed by atoms with Crippen LogP contribution in [0, 0.1) is 0 Å². The van der Waals surface area contributed by atoms with Crippen LogP contribution in [0.4, 0.5) is 0 Å². The lowest BCUT2D eigenvalue weighted by Crippen LogP contribution is -2.28. The third-order valence-corrected chi connectivity index (χ3v) is 3.81. The number of pyridine rings is 1. The Morgan fingerprint density at radius 3 is 2.52 bits per heavy atom. The smallest absolute Gasteiger partial charge is 0.267 e. The fourth-order valence-corrected chi connectivity index (χ4v) is 2.46. The van der Waals surface area contributed by atoms with Crippen molar-refractivity contribution in [2.24, 2.45) is 5.10 Å². The predicted octanol–water partition coefficient (Wildman–Crippen LogP) is 1.97. The zero-order chi connectivity index (χ0) is 17.8. The largest absolute Gasteiger partial charge is 0.292 e. The van der Waals surface area contributed by atoms with Gasteiger partial charge in [0.25, 0.3) is 11.5 Å². The third kappa shape index (κ3) is 3.30. The van der Waals surface area contributed by atoms with Gasteiger partial charge >= 0.3 is 0 Å². The van der Waals surface area contributed by atoms with E-state index in [0.717, 1.165) is 5.56 Å². The van der Waals surface area contributed by atoms with E-state index in [2.05, 4.69) is 20.6 Å². The summed E-state index contributed by atoms with van der Waals surface area (Å²) in [6.45, 7) is 3.97. The number of amides is 1.